The van der Waals surface area contributed by atoms with Crippen molar-refractivity contribution >= 4 is 28.8 Å². The van der Waals surface area contributed by atoms with Gasteiger partial charge in [-0.05, 0) is 35.7 Å². The van der Waals surface area contributed by atoms with Crippen LogP contribution in [0.1, 0.15) is 21.7 Å². The normalized spacial score (nSPS) is 11.1. The van der Waals surface area contributed by atoms with E-state index in [1.165, 1.54) is 23.5 Å². The van der Waals surface area contributed by atoms with Crippen molar-refractivity contribution in [1.82, 2.24) is 5.32 Å². The van der Waals surface area contributed by atoms with E-state index in [2.05, 4.69) is 10.6 Å². The summed E-state index contributed by atoms with van der Waals surface area (Å²) in [4.78, 5) is 23.9. The van der Waals surface area contributed by atoms with Crippen LogP contribution < -0.4 is 10.6 Å². The molecule has 1 aromatic carbocycles. The molecule has 0 saturated carbocycles. The Labute approximate surface area is 134 Å². The molecule has 0 aliphatic rings. The van der Waals surface area contributed by atoms with Crippen LogP contribution in [0.3, 0.4) is 0 Å². The van der Waals surface area contributed by atoms with Crippen molar-refractivity contribution in [2.24, 2.45) is 0 Å². The van der Waals surface area contributed by atoms with Crippen molar-refractivity contribution in [1.29, 1.82) is 0 Å². The number of amides is 2. The second kappa shape index (κ2) is 7.28. The van der Waals surface area contributed by atoms with Crippen molar-refractivity contribution in [2.45, 2.75) is 12.6 Å². The molecule has 8 heteroatoms. The van der Waals surface area contributed by atoms with Crippen molar-refractivity contribution in [2.75, 3.05) is 11.9 Å². The summed E-state index contributed by atoms with van der Waals surface area (Å²) in [7, 11) is 0. The molecule has 0 aliphatic heterocycles. The van der Waals surface area contributed by atoms with Crippen molar-refractivity contribution in [3.05, 3.63) is 52.2 Å². The maximum absolute atomic E-state index is 12.4. The molecule has 4 nitrogen and oxygen atoms in total. The van der Waals surface area contributed by atoms with Crippen molar-refractivity contribution < 1.29 is 22.8 Å². The largest absolute Gasteiger partial charge is 0.416 e. The van der Waals surface area contributed by atoms with Crippen molar-refractivity contribution in [3.63, 3.8) is 0 Å². The Morgan fingerprint density at radius 1 is 1.09 bits per heavy atom. The third-order valence-electron chi connectivity index (χ3n) is 2.88. The van der Waals surface area contributed by atoms with E-state index in [-0.39, 0.29) is 24.6 Å². The average Bonchev–Trinajstić information content (AvgIpc) is 3.01. The van der Waals surface area contributed by atoms with Crippen LogP contribution in [0.15, 0.2) is 41.8 Å². The molecule has 2 rings (SSSR count). The second-order valence-corrected chi connectivity index (χ2v) is 5.55. The van der Waals surface area contributed by atoms with Crippen LogP contribution in [0.5, 0.6) is 0 Å². The fraction of sp³-hybridized carbons (Fsp3) is 0.200. The lowest BCUT2D eigenvalue weighted by Crippen LogP contribution is -2.27. The van der Waals surface area contributed by atoms with Gasteiger partial charge in [0.15, 0.2) is 0 Å². The molecule has 0 aliphatic carbocycles. The predicted octanol–water partition coefficient (Wildman–Crippen LogP) is 3.53. The molecule has 1 heterocycles. The van der Waals surface area contributed by atoms with Gasteiger partial charge in [0, 0.05) is 18.7 Å². The van der Waals surface area contributed by atoms with Gasteiger partial charge in [-0.2, -0.15) is 13.2 Å². The van der Waals surface area contributed by atoms with Crippen LogP contribution in [-0.4, -0.2) is 18.4 Å². The highest BCUT2D eigenvalue weighted by molar-refractivity contribution is 7.12. The molecule has 2 amide bonds. The van der Waals surface area contributed by atoms with Crippen LogP contribution in [0.4, 0.5) is 18.9 Å². The Balaban J connectivity index is 1.77. The maximum atomic E-state index is 12.4. The van der Waals surface area contributed by atoms with E-state index >= 15 is 0 Å². The second-order valence-electron chi connectivity index (χ2n) is 4.61. The molecule has 0 spiro atoms. The Bertz CT molecular complexity index is 667. The summed E-state index contributed by atoms with van der Waals surface area (Å²) in [6, 6.07) is 7.58. The lowest BCUT2D eigenvalue weighted by molar-refractivity contribution is -0.137. The van der Waals surface area contributed by atoms with Crippen LogP contribution in [0, 0.1) is 0 Å². The summed E-state index contributed by atoms with van der Waals surface area (Å²) in [6.45, 7) is 0.142. The van der Waals surface area contributed by atoms with Gasteiger partial charge in [-0.15, -0.1) is 11.3 Å². The first-order valence-corrected chi connectivity index (χ1v) is 7.53. The number of benzene rings is 1. The summed E-state index contributed by atoms with van der Waals surface area (Å²) in [6.07, 6.45) is -4.38. The highest BCUT2D eigenvalue weighted by Crippen LogP contribution is 2.29. The van der Waals surface area contributed by atoms with Gasteiger partial charge in [-0.1, -0.05) is 6.07 Å². The number of carbonyl (C=O) groups excluding carboxylic acids is 2. The number of nitrogens with one attached hydrogen (secondary N) is 2. The Morgan fingerprint density at radius 3 is 2.35 bits per heavy atom. The van der Waals surface area contributed by atoms with Gasteiger partial charge in [0.05, 0.1) is 10.4 Å². The predicted molar refractivity (Wildman–Crippen MR) is 81.3 cm³/mol. The molecule has 2 N–H and O–H groups in total. The van der Waals surface area contributed by atoms with E-state index < -0.39 is 17.6 Å². The lowest BCUT2D eigenvalue weighted by atomic mass is 10.2. The summed E-state index contributed by atoms with van der Waals surface area (Å²) < 4.78 is 37.2. The zero-order valence-electron chi connectivity index (χ0n) is 11.8. The van der Waals surface area contributed by atoms with Gasteiger partial charge in [0.25, 0.3) is 5.91 Å². The third-order valence-corrected chi connectivity index (χ3v) is 3.75. The van der Waals surface area contributed by atoms with E-state index in [1.807, 2.05) is 0 Å². The van der Waals surface area contributed by atoms with Crippen LogP contribution >= 0.6 is 11.3 Å². The van der Waals surface area contributed by atoms with Gasteiger partial charge in [-0.3, -0.25) is 9.59 Å². The number of hydrogen-bond donors (Lipinski definition) is 2. The topological polar surface area (TPSA) is 58.2 Å². The number of hydrogen-bond acceptors (Lipinski definition) is 3. The smallest absolute Gasteiger partial charge is 0.351 e. The molecule has 0 radical (unpaired) electrons. The van der Waals surface area contributed by atoms with Gasteiger partial charge >= 0.3 is 6.18 Å². The molecule has 23 heavy (non-hydrogen) atoms. The Hall–Kier alpha value is -2.35. The molecule has 2 aromatic rings. The number of anilines is 1. The molecule has 0 atom stereocenters. The molecule has 1 aromatic heterocycles. The monoisotopic (exact) mass is 342 g/mol. The minimum absolute atomic E-state index is 0.0259. The maximum Gasteiger partial charge on any atom is 0.416 e. The summed E-state index contributed by atoms with van der Waals surface area (Å²) >= 11 is 1.29. The Morgan fingerprint density at radius 2 is 1.78 bits per heavy atom. The van der Waals surface area contributed by atoms with Crippen molar-refractivity contribution in [3.8, 4) is 0 Å². The van der Waals surface area contributed by atoms with Crippen LogP contribution in [0.25, 0.3) is 0 Å². The molecule has 0 bridgehead atoms. The number of rotatable bonds is 5. The van der Waals surface area contributed by atoms with Crippen LogP contribution in [0.2, 0.25) is 0 Å². The standard InChI is InChI=1S/C15H13F3N2O2S/c16-15(17,18)10-3-5-11(6-4-10)20-13(21)7-8-19-14(22)12-2-1-9-23-12/h1-6,9H,7-8H2,(H,19,22)(H,20,21). The molecule has 0 fully saturated rings. The number of thiophene rings is 1. The average molecular weight is 342 g/mol. The molecule has 0 unspecified atom stereocenters. The molecule has 122 valence electrons. The first-order chi connectivity index (χ1) is 10.9. The fourth-order valence-electron chi connectivity index (χ4n) is 1.75. The van der Waals surface area contributed by atoms with E-state index in [0.717, 1.165) is 12.1 Å². The zero-order valence-corrected chi connectivity index (χ0v) is 12.6. The first-order valence-electron chi connectivity index (χ1n) is 6.65. The van der Waals surface area contributed by atoms with Gasteiger partial charge in [0.1, 0.15) is 0 Å². The summed E-state index contributed by atoms with van der Waals surface area (Å²) in [5.74, 6) is -0.654. The van der Waals surface area contributed by atoms with Gasteiger partial charge in [-0.25, -0.2) is 0 Å². The van der Waals surface area contributed by atoms with E-state index in [1.54, 1.807) is 17.5 Å². The van der Waals surface area contributed by atoms with Crippen LogP contribution in [-0.2, 0) is 11.0 Å². The number of halogens is 3. The van der Waals surface area contributed by atoms with E-state index in [4.69, 9.17) is 0 Å². The molecule has 0 saturated heterocycles. The highest BCUT2D eigenvalue weighted by atomic mass is 32.1. The summed E-state index contributed by atoms with van der Waals surface area (Å²) in [5, 5.41) is 6.84. The number of alkyl halides is 3. The minimum atomic E-state index is -4.41. The minimum Gasteiger partial charge on any atom is -0.351 e. The Kier molecular flexibility index (Phi) is 5.38. The van der Waals surface area contributed by atoms with E-state index in [0.29, 0.717) is 4.88 Å². The van der Waals surface area contributed by atoms with E-state index in [9.17, 15) is 22.8 Å². The zero-order chi connectivity index (χ0) is 16.9. The first kappa shape index (κ1) is 17.0. The lowest BCUT2D eigenvalue weighted by Gasteiger charge is -2.09. The third kappa shape index (κ3) is 5.10. The molecular weight excluding hydrogens is 329 g/mol. The van der Waals surface area contributed by atoms with Gasteiger partial charge < -0.3 is 10.6 Å². The molecular formula is C15H13F3N2O2S. The van der Waals surface area contributed by atoms with Gasteiger partial charge in [0.2, 0.25) is 5.91 Å². The summed E-state index contributed by atoms with van der Waals surface area (Å²) in [5.41, 5.74) is -0.508. The highest BCUT2D eigenvalue weighted by Gasteiger charge is 2.29. The number of carbonyl (C=O) groups is 2. The quantitative estimate of drug-likeness (QED) is 0.873. The SMILES string of the molecule is O=C(CCNC(=O)c1cccs1)Nc1ccc(C(F)(F)F)cc1. The fourth-order valence-corrected chi connectivity index (χ4v) is 2.39.